The highest BCUT2D eigenvalue weighted by molar-refractivity contribution is 5.95. The van der Waals surface area contributed by atoms with Gasteiger partial charge in [-0.2, -0.15) is 5.10 Å². The molecule has 0 saturated heterocycles. The molecular formula is C28H34N8O. The molecule has 0 spiro atoms. The molecule has 2 aromatic heterocycles. The van der Waals surface area contributed by atoms with Gasteiger partial charge in [0.05, 0.1) is 11.2 Å². The fourth-order valence-corrected chi connectivity index (χ4v) is 4.97. The highest BCUT2D eigenvalue weighted by Gasteiger charge is 2.20. The molecule has 1 fully saturated rings. The monoisotopic (exact) mass is 498 g/mol. The van der Waals surface area contributed by atoms with E-state index in [0.29, 0.717) is 23.8 Å². The number of fused-ring (bicyclic) bond motifs is 1. The van der Waals surface area contributed by atoms with Crippen LogP contribution in [-0.2, 0) is 18.3 Å². The number of benzene rings is 2. The molecule has 2 aromatic carbocycles. The Morgan fingerprint density at radius 3 is 2.62 bits per heavy atom. The normalized spacial score (nSPS) is 18.5. The molecule has 192 valence electrons. The number of aromatic nitrogens is 4. The topological polar surface area (TPSA) is 137 Å². The van der Waals surface area contributed by atoms with Crippen LogP contribution in [0, 0.1) is 0 Å². The molecule has 0 aliphatic heterocycles. The Morgan fingerprint density at radius 1 is 1.14 bits per heavy atom. The van der Waals surface area contributed by atoms with Crippen LogP contribution in [0.5, 0.6) is 0 Å². The molecule has 0 radical (unpaired) electrons. The Labute approximate surface area is 216 Å². The molecule has 1 aliphatic rings. The van der Waals surface area contributed by atoms with Gasteiger partial charge in [0.25, 0.3) is 0 Å². The Bertz CT molecular complexity index is 1390. The van der Waals surface area contributed by atoms with E-state index in [4.69, 9.17) is 16.5 Å². The summed E-state index contributed by atoms with van der Waals surface area (Å²) in [5.74, 6) is 0.808. The van der Waals surface area contributed by atoms with Crippen molar-refractivity contribution in [3.63, 3.8) is 0 Å². The molecule has 0 bridgehead atoms. The van der Waals surface area contributed by atoms with Crippen LogP contribution >= 0.6 is 0 Å². The molecule has 6 N–H and O–H groups in total. The molecule has 1 atom stereocenters. The summed E-state index contributed by atoms with van der Waals surface area (Å²) in [7, 11) is 1.86. The summed E-state index contributed by atoms with van der Waals surface area (Å²) >= 11 is 0. The van der Waals surface area contributed by atoms with Crippen molar-refractivity contribution < 1.29 is 4.79 Å². The fourth-order valence-electron chi connectivity index (χ4n) is 4.97. The standard InChI is InChI=1S/C28H34N8O/c1-3-17-13-19(14-20-16-31-28(34-26(17)20)32-22-11-9-21(29)10-12-22)23-15-24(35-36(23)2)33-27(37)25(30)18-7-5-4-6-8-18/h4-8,13-16,21-22,25H,3,9-12,29-30H2,1-2H3,(H,31,32,34)(H,33,35,37)/t21-,22-,25-/m1/s1. The highest BCUT2D eigenvalue weighted by Crippen LogP contribution is 2.30. The molecule has 9 nitrogen and oxygen atoms in total. The molecule has 1 amide bonds. The second kappa shape index (κ2) is 10.7. The maximum absolute atomic E-state index is 12.7. The first-order chi connectivity index (χ1) is 17.9. The van der Waals surface area contributed by atoms with Gasteiger partial charge in [0, 0.05) is 42.3 Å². The molecular weight excluding hydrogens is 464 g/mol. The highest BCUT2D eigenvalue weighted by atomic mass is 16.2. The van der Waals surface area contributed by atoms with Crippen LogP contribution in [0.15, 0.2) is 54.7 Å². The number of hydrogen-bond acceptors (Lipinski definition) is 7. The number of carbonyl (C=O) groups is 1. The van der Waals surface area contributed by atoms with Crippen molar-refractivity contribution in [1.29, 1.82) is 0 Å². The summed E-state index contributed by atoms with van der Waals surface area (Å²) in [6, 6.07) is 15.2. The van der Waals surface area contributed by atoms with Gasteiger partial charge in [0.1, 0.15) is 6.04 Å². The number of carbonyl (C=O) groups excluding carboxylic acids is 1. The van der Waals surface area contributed by atoms with E-state index in [0.717, 1.165) is 65.4 Å². The number of rotatable bonds is 7. The van der Waals surface area contributed by atoms with Gasteiger partial charge in [-0.25, -0.2) is 9.97 Å². The van der Waals surface area contributed by atoms with Crippen LogP contribution in [0.2, 0.25) is 0 Å². The summed E-state index contributed by atoms with van der Waals surface area (Å²) in [6.07, 6.45) is 6.84. The minimum Gasteiger partial charge on any atom is -0.351 e. The van der Waals surface area contributed by atoms with Crippen molar-refractivity contribution in [3.05, 3.63) is 65.9 Å². The van der Waals surface area contributed by atoms with E-state index in [1.54, 1.807) is 4.68 Å². The number of nitrogens with two attached hydrogens (primary N) is 2. The Morgan fingerprint density at radius 2 is 1.89 bits per heavy atom. The van der Waals surface area contributed by atoms with Gasteiger partial charge in [-0.05, 0) is 55.4 Å². The average Bonchev–Trinajstić information content (AvgIpc) is 3.29. The lowest BCUT2D eigenvalue weighted by atomic mass is 9.92. The van der Waals surface area contributed by atoms with E-state index in [1.807, 2.05) is 49.6 Å². The average molecular weight is 499 g/mol. The maximum atomic E-state index is 12.7. The summed E-state index contributed by atoms with van der Waals surface area (Å²) in [4.78, 5) is 22.2. The van der Waals surface area contributed by atoms with Crippen molar-refractivity contribution >= 4 is 28.6 Å². The van der Waals surface area contributed by atoms with Crippen LogP contribution < -0.4 is 22.1 Å². The molecule has 5 rings (SSSR count). The quantitative estimate of drug-likeness (QED) is 0.303. The predicted molar refractivity (Wildman–Crippen MR) is 147 cm³/mol. The number of nitrogens with zero attached hydrogens (tertiary/aromatic N) is 4. The van der Waals surface area contributed by atoms with Crippen molar-refractivity contribution in [2.24, 2.45) is 18.5 Å². The van der Waals surface area contributed by atoms with E-state index in [-0.39, 0.29) is 5.91 Å². The zero-order valence-electron chi connectivity index (χ0n) is 21.3. The SMILES string of the molecule is CCc1cc(-c2cc(NC(=O)[C@H](N)c3ccccc3)nn2C)cc2cnc(N[C@H]3CC[C@H](N)CC3)nc12. The van der Waals surface area contributed by atoms with Crippen LogP contribution in [0.25, 0.3) is 22.2 Å². The maximum Gasteiger partial charge on any atom is 0.247 e. The summed E-state index contributed by atoms with van der Waals surface area (Å²) < 4.78 is 1.76. The van der Waals surface area contributed by atoms with Gasteiger partial charge >= 0.3 is 0 Å². The number of hydrogen-bond donors (Lipinski definition) is 4. The van der Waals surface area contributed by atoms with Crippen LogP contribution in [0.3, 0.4) is 0 Å². The third-order valence-corrected chi connectivity index (χ3v) is 7.12. The molecule has 1 saturated carbocycles. The third kappa shape index (κ3) is 5.47. The number of amides is 1. The third-order valence-electron chi connectivity index (χ3n) is 7.12. The molecule has 1 aliphatic carbocycles. The molecule has 9 heteroatoms. The second-order valence-corrected chi connectivity index (χ2v) is 9.79. The lowest BCUT2D eigenvalue weighted by Crippen LogP contribution is -2.33. The molecule has 0 unspecified atom stereocenters. The molecule has 37 heavy (non-hydrogen) atoms. The smallest absolute Gasteiger partial charge is 0.247 e. The lowest BCUT2D eigenvalue weighted by molar-refractivity contribution is -0.117. The van der Waals surface area contributed by atoms with Gasteiger partial charge in [-0.1, -0.05) is 37.3 Å². The number of aryl methyl sites for hydroxylation is 2. The van der Waals surface area contributed by atoms with Gasteiger partial charge in [-0.15, -0.1) is 0 Å². The summed E-state index contributed by atoms with van der Waals surface area (Å²) in [5, 5.41) is 11.8. The minimum atomic E-state index is -0.774. The first kappa shape index (κ1) is 24.9. The van der Waals surface area contributed by atoms with Crippen LogP contribution in [0.4, 0.5) is 11.8 Å². The van der Waals surface area contributed by atoms with Gasteiger partial charge in [0.2, 0.25) is 11.9 Å². The zero-order chi connectivity index (χ0) is 25.9. The van der Waals surface area contributed by atoms with Crippen LogP contribution in [-0.4, -0.2) is 37.7 Å². The van der Waals surface area contributed by atoms with Crippen molar-refractivity contribution in [2.45, 2.75) is 57.2 Å². The van der Waals surface area contributed by atoms with Gasteiger partial charge in [-0.3, -0.25) is 9.48 Å². The lowest BCUT2D eigenvalue weighted by Gasteiger charge is -2.26. The van der Waals surface area contributed by atoms with Gasteiger partial charge in [0.15, 0.2) is 5.82 Å². The number of anilines is 2. The summed E-state index contributed by atoms with van der Waals surface area (Å²) in [6.45, 7) is 2.12. The van der Waals surface area contributed by atoms with Crippen molar-refractivity contribution in [1.82, 2.24) is 19.7 Å². The molecule has 4 aromatic rings. The first-order valence-electron chi connectivity index (χ1n) is 12.9. The Balaban J connectivity index is 1.37. The minimum absolute atomic E-state index is 0.308. The van der Waals surface area contributed by atoms with Crippen LogP contribution in [0.1, 0.15) is 49.8 Å². The van der Waals surface area contributed by atoms with E-state index < -0.39 is 6.04 Å². The van der Waals surface area contributed by atoms with E-state index >= 15 is 0 Å². The van der Waals surface area contributed by atoms with Crippen molar-refractivity contribution in [2.75, 3.05) is 10.6 Å². The van der Waals surface area contributed by atoms with E-state index in [1.165, 1.54) is 0 Å². The van der Waals surface area contributed by atoms with Crippen molar-refractivity contribution in [3.8, 4) is 11.3 Å². The predicted octanol–water partition coefficient (Wildman–Crippen LogP) is 3.91. The zero-order valence-corrected chi connectivity index (χ0v) is 21.3. The largest absolute Gasteiger partial charge is 0.351 e. The number of nitrogens with one attached hydrogen (secondary N) is 2. The molecule has 2 heterocycles. The van der Waals surface area contributed by atoms with Gasteiger partial charge < -0.3 is 22.1 Å². The second-order valence-electron chi connectivity index (χ2n) is 9.79. The fraction of sp³-hybridized carbons (Fsp3) is 0.357. The first-order valence-corrected chi connectivity index (χ1v) is 12.9. The Hall–Kier alpha value is -3.82. The van der Waals surface area contributed by atoms with E-state index in [2.05, 4.69) is 39.8 Å². The van der Waals surface area contributed by atoms with E-state index in [9.17, 15) is 4.79 Å². The summed E-state index contributed by atoms with van der Waals surface area (Å²) in [5.41, 5.74) is 16.9. The Kier molecular flexibility index (Phi) is 7.16.